The first-order valence-corrected chi connectivity index (χ1v) is 26.5. The summed E-state index contributed by atoms with van der Waals surface area (Å²) >= 11 is 0. The Bertz CT molecular complexity index is 996. The summed E-state index contributed by atoms with van der Waals surface area (Å²) in [6.45, 7) is 4.30. The van der Waals surface area contributed by atoms with Crippen molar-refractivity contribution < 1.29 is 15.0 Å². The normalized spacial score (nSPS) is 13.3. The van der Waals surface area contributed by atoms with Crippen LogP contribution in [0.25, 0.3) is 0 Å². The minimum atomic E-state index is -0.874. The second-order valence-electron chi connectivity index (χ2n) is 17.9. The van der Waals surface area contributed by atoms with Gasteiger partial charge < -0.3 is 15.5 Å². The molecule has 0 aliphatic rings. The van der Waals surface area contributed by atoms with Crippen molar-refractivity contribution in [2.45, 2.75) is 283 Å². The lowest BCUT2D eigenvalue weighted by Gasteiger charge is -2.19. The van der Waals surface area contributed by atoms with Gasteiger partial charge in [-0.1, -0.05) is 248 Å². The molecule has 3 N–H and O–H groups in total. The third kappa shape index (κ3) is 47.1. The number of aliphatic hydroxyl groups is 2. The maximum absolute atomic E-state index is 12.4. The van der Waals surface area contributed by atoms with Crippen LogP contribution in [0.1, 0.15) is 271 Å². The molecule has 350 valence electrons. The van der Waals surface area contributed by atoms with Crippen LogP contribution in [0.5, 0.6) is 0 Å². The average molecular weight is 838 g/mol. The monoisotopic (exact) mass is 838 g/mol. The second kappa shape index (κ2) is 51.4. The number of carbonyl (C=O) groups is 1. The third-order valence-electron chi connectivity index (χ3n) is 12.0. The Labute approximate surface area is 375 Å². The van der Waals surface area contributed by atoms with Gasteiger partial charge in [-0.2, -0.15) is 0 Å². The molecular formula is C56H103NO3. The van der Waals surface area contributed by atoms with Crippen LogP contribution in [0, 0.1) is 0 Å². The van der Waals surface area contributed by atoms with E-state index < -0.39 is 12.1 Å². The fraction of sp³-hybridized carbons (Fsp3) is 0.804. The van der Waals surface area contributed by atoms with E-state index in [2.05, 4.69) is 67.8 Å². The number of rotatable bonds is 48. The first-order chi connectivity index (χ1) is 29.7. The summed E-state index contributed by atoms with van der Waals surface area (Å²) in [5.74, 6) is -0.0795. The zero-order valence-electron chi connectivity index (χ0n) is 40.2. The average Bonchev–Trinajstić information content (AvgIpc) is 3.25. The predicted octanol–water partition coefficient (Wildman–Crippen LogP) is 17.2. The topological polar surface area (TPSA) is 69.6 Å². The van der Waals surface area contributed by atoms with Crippen molar-refractivity contribution in [1.29, 1.82) is 0 Å². The van der Waals surface area contributed by atoms with Gasteiger partial charge in [0.15, 0.2) is 0 Å². The molecule has 0 saturated heterocycles. The Morgan fingerprint density at radius 3 is 1.07 bits per heavy atom. The smallest absolute Gasteiger partial charge is 0.220 e. The summed E-state index contributed by atoms with van der Waals surface area (Å²) in [4.78, 5) is 12.4. The minimum absolute atomic E-state index is 0.0795. The molecule has 4 nitrogen and oxygen atoms in total. The Balaban J connectivity index is 3.59. The number of unbranched alkanes of at least 4 members (excludes halogenated alkanes) is 33. The standard InChI is InChI=1S/C56H103NO3/c1-3-5-7-9-11-13-15-17-19-21-23-25-27-28-30-31-33-35-37-39-41-43-45-47-49-51-55(59)54(53-58)57-56(60)52-50-48-46-44-42-40-38-36-34-32-29-26-24-22-20-18-16-14-12-10-8-6-4-2/h16,18,22,24,33,35,41,43,49,51,54-55,58-59H,3-15,17,19-21,23,25-32,34,36-40,42,44-48,50,52-53H2,1-2H3,(H,57,60)/b18-16-,24-22-,35-33+,43-41+,51-49+. The van der Waals surface area contributed by atoms with Gasteiger partial charge in [0.1, 0.15) is 0 Å². The molecule has 0 radical (unpaired) electrons. The summed E-state index contributed by atoms with van der Waals surface area (Å²) in [7, 11) is 0. The first-order valence-electron chi connectivity index (χ1n) is 26.5. The molecule has 0 aliphatic carbocycles. The van der Waals surface area contributed by atoms with E-state index in [9.17, 15) is 15.0 Å². The van der Waals surface area contributed by atoms with Crippen molar-refractivity contribution in [2.24, 2.45) is 0 Å². The quantitative estimate of drug-likeness (QED) is 0.0422. The van der Waals surface area contributed by atoms with E-state index in [0.717, 1.165) is 44.9 Å². The fourth-order valence-electron chi connectivity index (χ4n) is 7.89. The van der Waals surface area contributed by atoms with Crippen molar-refractivity contribution in [3.8, 4) is 0 Å². The number of nitrogens with one attached hydrogen (secondary N) is 1. The summed E-state index contributed by atoms with van der Waals surface area (Å²) in [6, 6.07) is -0.649. The van der Waals surface area contributed by atoms with Gasteiger partial charge in [-0.05, 0) is 77.0 Å². The number of amides is 1. The number of aliphatic hydroxyl groups excluding tert-OH is 2. The molecule has 1 amide bonds. The van der Waals surface area contributed by atoms with E-state index in [4.69, 9.17) is 0 Å². The lowest BCUT2D eigenvalue weighted by Crippen LogP contribution is -2.45. The molecule has 4 heteroatoms. The van der Waals surface area contributed by atoms with Crippen LogP contribution < -0.4 is 5.32 Å². The summed E-state index contributed by atoms with van der Waals surface area (Å²) in [5, 5.41) is 23.1. The maximum Gasteiger partial charge on any atom is 0.220 e. The maximum atomic E-state index is 12.4. The summed E-state index contributed by atoms with van der Waals surface area (Å²) in [5.41, 5.74) is 0. The summed E-state index contributed by atoms with van der Waals surface area (Å²) in [6.07, 6.45) is 72.2. The summed E-state index contributed by atoms with van der Waals surface area (Å²) < 4.78 is 0. The molecule has 60 heavy (non-hydrogen) atoms. The fourth-order valence-corrected chi connectivity index (χ4v) is 7.89. The highest BCUT2D eigenvalue weighted by atomic mass is 16.3. The molecule has 0 aromatic carbocycles. The van der Waals surface area contributed by atoms with Crippen LogP contribution in [0.4, 0.5) is 0 Å². The largest absolute Gasteiger partial charge is 0.394 e. The molecule has 0 aromatic heterocycles. The number of carbonyl (C=O) groups excluding carboxylic acids is 1. The van der Waals surface area contributed by atoms with Gasteiger partial charge in [-0.25, -0.2) is 0 Å². The van der Waals surface area contributed by atoms with Crippen LogP contribution >= 0.6 is 0 Å². The predicted molar refractivity (Wildman–Crippen MR) is 267 cm³/mol. The zero-order chi connectivity index (χ0) is 43.5. The van der Waals surface area contributed by atoms with Gasteiger partial charge >= 0.3 is 0 Å². The molecule has 0 rings (SSSR count). The minimum Gasteiger partial charge on any atom is -0.394 e. The first kappa shape index (κ1) is 58.1. The lowest BCUT2D eigenvalue weighted by atomic mass is 10.0. The SMILES string of the molecule is CCCCCCC/C=C\C/C=C\CCCCCCCCCCCCCC(=O)NC(CO)C(O)/C=C/CC/C=C/CC/C=C/CCCCCCCCCCCCCCCCC. The van der Waals surface area contributed by atoms with Gasteiger partial charge in [0.25, 0.3) is 0 Å². The van der Waals surface area contributed by atoms with Gasteiger partial charge in [-0.3, -0.25) is 4.79 Å². The highest BCUT2D eigenvalue weighted by Crippen LogP contribution is 2.15. The van der Waals surface area contributed by atoms with E-state index in [-0.39, 0.29) is 12.5 Å². The van der Waals surface area contributed by atoms with E-state index in [1.807, 2.05) is 6.08 Å². The number of hydrogen-bond acceptors (Lipinski definition) is 3. The lowest BCUT2D eigenvalue weighted by molar-refractivity contribution is -0.123. The Morgan fingerprint density at radius 1 is 0.400 bits per heavy atom. The molecule has 0 aromatic rings. The van der Waals surface area contributed by atoms with Crippen LogP contribution in [-0.2, 0) is 4.79 Å². The van der Waals surface area contributed by atoms with Crippen LogP contribution in [0.2, 0.25) is 0 Å². The van der Waals surface area contributed by atoms with Crippen LogP contribution in [-0.4, -0.2) is 34.9 Å². The molecule has 0 spiro atoms. The van der Waals surface area contributed by atoms with E-state index in [0.29, 0.717) is 6.42 Å². The third-order valence-corrected chi connectivity index (χ3v) is 12.0. The molecule has 0 fully saturated rings. The van der Waals surface area contributed by atoms with Gasteiger partial charge in [0, 0.05) is 6.42 Å². The van der Waals surface area contributed by atoms with Crippen molar-refractivity contribution in [2.75, 3.05) is 6.61 Å². The zero-order valence-corrected chi connectivity index (χ0v) is 40.2. The molecule has 0 saturated carbocycles. The van der Waals surface area contributed by atoms with Crippen molar-refractivity contribution in [1.82, 2.24) is 5.32 Å². The molecule has 2 atom stereocenters. The highest BCUT2D eigenvalue weighted by Gasteiger charge is 2.17. The molecule has 0 bridgehead atoms. The van der Waals surface area contributed by atoms with E-state index in [1.54, 1.807) is 6.08 Å². The molecular weight excluding hydrogens is 735 g/mol. The highest BCUT2D eigenvalue weighted by molar-refractivity contribution is 5.76. The Kier molecular flexibility index (Phi) is 49.8. The van der Waals surface area contributed by atoms with Crippen molar-refractivity contribution >= 4 is 5.91 Å². The molecule has 0 aliphatic heterocycles. The van der Waals surface area contributed by atoms with E-state index >= 15 is 0 Å². The second-order valence-corrected chi connectivity index (χ2v) is 17.9. The van der Waals surface area contributed by atoms with Gasteiger partial charge in [0.05, 0.1) is 18.8 Å². The molecule has 2 unspecified atom stereocenters. The number of allylic oxidation sites excluding steroid dienone is 9. The van der Waals surface area contributed by atoms with Crippen molar-refractivity contribution in [3.05, 3.63) is 60.8 Å². The Morgan fingerprint density at radius 2 is 0.700 bits per heavy atom. The molecule has 0 heterocycles. The van der Waals surface area contributed by atoms with Crippen LogP contribution in [0.3, 0.4) is 0 Å². The van der Waals surface area contributed by atoms with Crippen molar-refractivity contribution in [3.63, 3.8) is 0 Å². The van der Waals surface area contributed by atoms with Gasteiger partial charge in [-0.15, -0.1) is 0 Å². The Hall–Kier alpha value is -1.91. The number of hydrogen-bond donors (Lipinski definition) is 3. The van der Waals surface area contributed by atoms with Gasteiger partial charge in [0.2, 0.25) is 5.91 Å². The van der Waals surface area contributed by atoms with Crippen LogP contribution in [0.15, 0.2) is 60.8 Å². The van der Waals surface area contributed by atoms with E-state index in [1.165, 1.54) is 205 Å².